The highest BCUT2D eigenvalue weighted by Gasteiger charge is 2.47. The molecule has 1 atom stereocenters. The summed E-state index contributed by atoms with van der Waals surface area (Å²) in [6.45, 7) is 0. The molecule has 24 heavy (non-hydrogen) atoms. The van der Waals surface area contributed by atoms with Crippen molar-refractivity contribution in [2.75, 3.05) is 5.32 Å². The summed E-state index contributed by atoms with van der Waals surface area (Å²) in [5.41, 5.74) is -0.504. The van der Waals surface area contributed by atoms with Crippen LogP contribution >= 0.6 is 0 Å². The minimum absolute atomic E-state index is 0.0840. The van der Waals surface area contributed by atoms with Crippen molar-refractivity contribution in [3.05, 3.63) is 65.6 Å². The van der Waals surface area contributed by atoms with Gasteiger partial charge < -0.3 is 15.4 Å². The summed E-state index contributed by atoms with van der Waals surface area (Å²) < 4.78 is 13.5. The molecule has 2 aromatic carbocycles. The molecule has 0 fully saturated rings. The Kier molecular flexibility index (Phi) is 3.04. The van der Waals surface area contributed by atoms with Crippen molar-refractivity contribution in [1.82, 2.24) is 4.98 Å². The standard InChI is InChI=1S/C18H13FN2O3/c19-10-5-6-15-13(7-10)18(24,17(23)21-15)8-16(22)12-9-20-14-4-2-1-3-11(12)14/h1-7,9,20,24H,8H2,(H,21,23). The lowest BCUT2D eigenvalue weighted by Crippen LogP contribution is -2.36. The number of fused-ring (bicyclic) bond motifs is 2. The number of aromatic nitrogens is 1. The van der Waals surface area contributed by atoms with Crippen LogP contribution in [-0.4, -0.2) is 21.8 Å². The van der Waals surface area contributed by atoms with Crippen LogP contribution in [0, 0.1) is 5.82 Å². The van der Waals surface area contributed by atoms with Gasteiger partial charge in [-0.25, -0.2) is 4.39 Å². The van der Waals surface area contributed by atoms with Crippen LogP contribution in [-0.2, 0) is 10.4 Å². The molecule has 1 aliphatic rings. The minimum Gasteiger partial charge on any atom is -0.375 e. The first-order chi connectivity index (χ1) is 11.5. The third-order valence-electron chi connectivity index (χ3n) is 4.36. The Balaban J connectivity index is 1.74. The van der Waals surface area contributed by atoms with Gasteiger partial charge in [-0.1, -0.05) is 18.2 Å². The zero-order chi connectivity index (χ0) is 16.9. The number of carbonyl (C=O) groups is 2. The summed E-state index contributed by atoms with van der Waals surface area (Å²) in [4.78, 5) is 27.8. The van der Waals surface area contributed by atoms with E-state index in [9.17, 15) is 19.1 Å². The third-order valence-corrected chi connectivity index (χ3v) is 4.36. The lowest BCUT2D eigenvalue weighted by atomic mass is 9.88. The van der Waals surface area contributed by atoms with E-state index in [1.807, 2.05) is 12.1 Å². The number of para-hydroxylation sites is 1. The molecule has 0 bridgehead atoms. The summed E-state index contributed by atoms with van der Waals surface area (Å²) >= 11 is 0. The number of H-pyrrole nitrogens is 1. The quantitative estimate of drug-likeness (QED) is 0.648. The van der Waals surface area contributed by atoms with E-state index in [1.54, 1.807) is 18.3 Å². The Bertz CT molecular complexity index is 995. The van der Waals surface area contributed by atoms with Gasteiger partial charge in [0.25, 0.3) is 5.91 Å². The van der Waals surface area contributed by atoms with Crippen LogP contribution in [0.15, 0.2) is 48.7 Å². The second-order valence-corrected chi connectivity index (χ2v) is 5.85. The number of halogens is 1. The fourth-order valence-electron chi connectivity index (χ4n) is 3.12. The average molecular weight is 324 g/mol. The lowest BCUT2D eigenvalue weighted by molar-refractivity contribution is -0.133. The van der Waals surface area contributed by atoms with Gasteiger partial charge in [0.1, 0.15) is 5.82 Å². The molecule has 0 aliphatic carbocycles. The number of benzene rings is 2. The molecule has 1 aliphatic heterocycles. The number of nitrogens with one attached hydrogen (secondary N) is 2. The monoisotopic (exact) mass is 324 g/mol. The number of aliphatic hydroxyl groups is 1. The number of rotatable bonds is 3. The van der Waals surface area contributed by atoms with Gasteiger partial charge in [-0.05, 0) is 24.3 Å². The molecule has 5 nitrogen and oxygen atoms in total. The highest BCUT2D eigenvalue weighted by atomic mass is 19.1. The number of hydrogen-bond donors (Lipinski definition) is 3. The molecule has 1 unspecified atom stereocenters. The fraction of sp³-hybridized carbons (Fsp3) is 0.111. The zero-order valence-electron chi connectivity index (χ0n) is 12.5. The van der Waals surface area contributed by atoms with E-state index in [4.69, 9.17) is 0 Å². The molecule has 120 valence electrons. The summed E-state index contributed by atoms with van der Waals surface area (Å²) in [5.74, 6) is -1.71. The summed E-state index contributed by atoms with van der Waals surface area (Å²) in [5, 5.41) is 14.0. The molecule has 3 N–H and O–H groups in total. The van der Waals surface area contributed by atoms with E-state index < -0.39 is 29.5 Å². The van der Waals surface area contributed by atoms with Gasteiger partial charge in [0.05, 0.1) is 6.42 Å². The van der Waals surface area contributed by atoms with Gasteiger partial charge in [-0.2, -0.15) is 0 Å². The van der Waals surface area contributed by atoms with Crippen LogP contribution in [0.2, 0.25) is 0 Å². The number of Topliss-reactive ketones (excluding diaryl/α,β-unsaturated/α-hetero) is 1. The third kappa shape index (κ3) is 2.04. The lowest BCUT2D eigenvalue weighted by Gasteiger charge is -2.19. The smallest absolute Gasteiger partial charge is 0.261 e. The molecule has 0 spiro atoms. The number of amides is 1. The maximum Gasteiger partial charge on any atom is 0.261 e. The number of aromatic amines is 1. The Labute approximate surface area is 136 Å². The van der Waals surface area contributed by atoms with Crippen LogP contribution in [0.4, 0.5) is 10.1 Å². The Morgan fingerprint density at radius 2 is 2.00 bits per heavy atom. The number of anilines is 1. The summed E-state index contributed by atoms with van der Waals surface area (Å²) in [7, 11) is 0. The van der Waals surface area contributed by atoms with Gasteiger partial charge in [0, 0.05) is 33.9 Å². The van der Waals surface area contributed by atoms with E-state index in [0.29, 0.717) is 16.6 Å². The van der Waals surface area contributed by atoms with E-state index >= 15 is 0 Å². The van der Waals surface area contributed by atoms with E-state index in [-0.39, 0.29) is 5.56 Å². The SMILES string of the molecule is O=C(CC1(O)C(=O)Nc2ccc(F)cc21)c1c[nH]c2ccccc12. The average Bonchev–Trinajstić information content (AvgIpc) is 3.09. The molecule has 4 rings (SSSR count). The molecule has 0 saturated carbocycles. The van der Waals surface area contributed by atoms with Gasteiger partial charge >= 0.3 is 0 Å². The van der Waals surface area contributed by atoms with Crippen molar-refractivity contribution in [3.63, 3.8) is 0 Å². The van der Waals surface area contributed by atoms with E-state index in [0.717, 1.165) is 11.6 Å². The number of ketones is 1. The highest BCUT2D eigenvalue weighted by Crippen LogP contribution is 2.39. The van der Waals surface area contributed by atoms with Crippen molar-refractivity contribution >= 4 is 28.3 Å². The Morgan fingerprint density at radius 3 is 2.83 bits per heavy atom. The minimum atomic E-state index is -2.08. The van der Waals surface area contributed by atoms with Crippen molar-refractivity contribution in [2.24, 2.45) is 0 Å². The Morgan fingerprint density at radius 1 is 1.21 bits per heavy atom. The molecule has 6 heteroatoms. The second kappa shape index (κ2) is 5.01. The van der Waals surface area contributed by atoms with Gasteiger partial charge in [0.15, 0.2) is 11.4 Å². The van der Waals surface area contributed by atoms with Crippen molar-refractivity contribution in [3.8, 4) is 0 Å². The van der Waals surface area contributed by atoms with E-state index in [2.05, 4.69) is 10.3 Å². The summed E-state index contributed by atoms with van der Waals surface area (Å²) in [6.07, 6.45) is 1.09. The first kappa shape index (κ1) is 14.6. The van der Waals surface area contributed by atoms with Crippen molar-refractivity contribution < 1.29 is 19.1 Å². The molecule has 3 aromatic rings. The van der Waals surface area contributed by atoms with Crippen LogP contribution in [0.3, 0.4) is 0 Å². The number of hydrogen-bond acceptors (Lipinski definition) is 3. The predicted octanol–water partition coefficient (Wildman–Crippen LogP) is 2.72. The van der Waals surface area contributed by atoms with Gasteiger partial charge in [0.2, 0.25) is 0 Å². The molecule has 1 aromatic heterocycles. The highest BCUT2D eigenvalue weighted by molar-refractivity contribution is 6.13. The van der Waals surface area contributed by atoms with Gasteiger partial charge in [-0.15, -0.1) is 0 Å². The van der Waals surface area contributed by atoms with E-state index in [1.165, 1.54) is 12.1 Å². The van der Waals surface area contributed by atoms with Crippen molar-refractivity contribution in [2.45, 2.75) is 12.0 Å². The van der Waals surface area contributed by atoms with Gasteiger partial charge in [-0.3, -0.25) is 9.59 Å². The zero-order valence-corrected chi connectivity index (χ0v) is 12.5. The molecule has 2 heterocycles. The van der Waals surface area contributed by atoms with Crippen molar-refractivity contribution in [1.29, 1.82) is 0 Å². The van der Waals surface area contributed by atoms with Crippen LogP contribution < -0.4 is 5.32 Å². The topological polar surface area (TPSA) is 82.2 Å². The Hall–Kier alpha value is -2.99. The molecular formula is C18H13FN2O3. The predicted molar refractivity (Wildman–Crippen MR) is 86.2 cm³/mol. The first-order valence-corrected chi connectivity index (χ1v) is 7.42. The number of carbonyl (C=O) groups excluding carboxylic acids is 2. The van der Waals surface area contributed by atoms with Crippen LogP contribution in [0.25, 0.3) is 10.9 Å². The van der Waals surface area contributed by atoms with Crippen LogP contribution in [0.1, 0.15) is 22.3 Å². The fourth-order valence-corrected chi connectivity index (χ4v) is 3.12. The normalized spacial score (nSPS) is 19.3. The first-order valence-electron chi connectivity index (χ1n) is 7.42. The maximum atomic E-state index is 13.5. The molecule has 0 saturated heterocycles. The molecular weight excluding hydrogens is 311 g/mol. The molecule has 1 amide bonds. The molecule has 0 radical (unpaired) electrons. The van der Waals surface area contributed by atoms with Crippen LogP contribution in [0.5, 0.6) is 0 Å². The largest absolute Gasteiger partial charge is 0.375 e. The summed E-state index contributed by atoms with van der Waals surface area (Å²) in [6, 6.07) is 10.9. The second-order valence-electron chi connectivity index (χ2n) is 5.85. The maximum absolute atomic E-state index is 13.5.